The molecule has 0 fully saturated rings. The van der Waals surface area contributed by atoms with Crippen molar-refractivity contribution < 1.29 is 14.9 Å². The van der Waals surface area contributed by atoms with E-state index in [0.717, 1.165) is 0 Å². The van der Waals surface area contributed by atoms with E-state index in [1.54, 1.807) is 0 Å². The highest BCUT2D eigenvalue weighted by Gasteiger charge is 2.21. The highest BCUT2D eigenvalue weighted by atomic mass is 35.5. The molecule has 0 aliphatic carbocycles. The van der Waals surface area contributed by atoms with Crippen molar-refractivity contribution in [3.05, 3.63) is 51.2 Å². The van der Waals surface area contributed by atoms with Crippen molar-refractivity contribution in [3.8, 4) is 11.6 Å². The molecule has 0 radical (unpaired) electrons. The van der Waals surface area contributed by atoms with Crippen LogP contribution in [0, 0.1) is 10.1 Å². The second kappa shape index (κ2) is 6.01. The number of oxime groups is 1. The van der Waals surface area contributed by atoms with Crippen molar-refractivity contribution in [1.82, 2.24) is 10.2 Å². The molecule has 0 atom stereocenters. The van der Waals surface area contributed by atoms with E-state index in [2.05, 4.69) is 15.4 Å². The molecule has 1 aromatic heterocycles. The SMILES string of the molecule is N/C(=N/O)c1ccnnc1Oc1c(Cl)cccc1[N+](=O)[O-]. The number of halogens is 1. The van der Waals surface area contributed by atoms with Gasteiger partial charge in [0.15, 0.2) is 5.84 Å². The van der Waals surface area contributed by atoms with Crippen LogP contribution in [0.25, 0.3) is 0 Å². The van der Waals surface area contributed by atoms with E-state index >= 15 is 0 Å². The summed E-state index contributed by atoms with van der Waals surface area (Å²) in [4.78, 5) is 10.3. The molecule has 0 saturated heterocycles. The number of hydrogen-bond donors (Lipinski definition) is 2. The van der Waals surface area contributed by atoms with Gasteiger partial charge in [0.05, 0.1) is 21.7 Å². The molecule has 0 aliphatic rings. The third-order valence-corrected chi connectivity index (χ3v) is 2.71. The maximum absolute atomic E-state index is 11.0. The van der Waals surface area contributed by atoms with Crippen molar-refractivity contribution in [2.45, 2.75) is 0 Å². The quantitative estimate of drug-likeness (QED) is 0.289. The molecular formula is C11H8ClN5O4. The third kappa shape index (κ3) is 2.98. The number of nitro benzene ring substituents is 1. The molecule has 0 aliphatic heterocycles. The van der Waals surface area contributed by atoms with E-state index < -0.39 is 4.92 Å². The Bertz CT molecular complexity index is 722. The number of para-hydroxylation sites is 1. The topological polar surface area (TPSA) is 137 Å². The van der Waals surface area contributed by atoms with Gasteiger partial charge < -0.3 is 15.7 Å². The normalized spacial score (nSPS) is 11.2. The molecule has 3 N–H and O–H groups in total. The Morgan fingerprint density at radius 3 is 2.90 bits per heavy atom. The van der Waals surface area contributed by atoms with E-state index in [9.17, 15) is 10.1 Å². The minimum Gasteiger partial charge on any atom is -0.428 e. The van der Waals surface area contributed by atoms with Crippen LogP contribution in [-0.2, 0) is 0 Å². The fraction of sp³-hybridized carbons (Fsp3) is 0. The summed E-state index contributed by atoms with van der Waals surface area (Å²) < 4.78 is 5.34. The third-order valence-electron chi connectivity index (χ3n) is 2.41. The van der Waals surface area contributed by atoms with E-state index in [0.29, 0.717) is 0 Å². The van der Waals surface area contributed by atoms with Crippen LogP contribution in [0.5, 0.6) is 11.6 Å². The number of ether oxygens (including phenoxy) is 1. The molecule has 2 aromatic rings. The lowest BCUT2D eigenvalue weighted by atomic mass is 10.2. The monoisotopic (exact) mass is 309 g/mol. The first-order valence-corrected chi connectivity index (χ1v) is 5.82. The molecule has 1 heterocycles. The van der Waals surface area contributed by atoms with Crippen LogP contribution in [-0.4, -0.2) is 26.2 Å². The maximum Gasteiger partial charge on any atom is 0.313 e. The van der Waals surface area contributed by atoms with Crippen molar-refractivity contribution in [3.63, 3.8) is 0 Å². The van der Waals surface area contributed by atoms with Gasteiger partial charge in [0.2, 0.25) is 11.6 Å². The van der Waals surface area contributed by atoms with Crippen LogP contribution in [0.3, 0.4) is 0 Å². The summed E-state index contributed by atoms with van der Waals surface area (Å²) in [7, 11) is 0. The van der Waals surface area contributed by atoms with Gasteiger partial charge in [-0.25, -0.2) is 0 Å². The molecule has 0 spiro atoms. The fourth-order valence-electron chi connectivity index (χ4n) is 1.48. The Hall–Kier alpha value is -2.94. The van der Waals surface area contributed by atoms with Gasteiger partial charge in [-0.15, -0.1) is 5.10 Å². The average Bonchev–Trinajstić information content (AvgIpc) is 2.48. The molecule has 0 saturated carbocycles. The summed E-state index contributed by atoms with van der Waals surface area (Å²) in [6, 6.07) is 5.43. The zero-order valence-corrected chi connectivity index (χ0v) is 11.1. The standard InChI is InChI=1S/C11H8ClN5O4/c12-7-2-1-3-8(17(19)20)9(7)21-11-6(10(13)16-18)4-5-14-15-11/h1-5,18H,(H2,13,16). The van der Waals surface area contributed by atoms with E-state index in [4.69, 9.17) is 27.3 Å². The van der Waals surface area contributed by atoms with Gasteiger partial charge in [0.25, 0.3) is 0 Å². The largest absolute Gasteiger partial charge is 0.428 e. The van der Waals surface area contributed by atoms with Gasteiger partial charge in [-0.1, -0.05) is 22.8 Å². The number of amidine groups is 1. The van der Waals surface area contributed by atoms with Crippen LogP contribution in [0.1, 0.15) is 5.56 Å². The fourth-order valence-corrected chi connectivity index (χ4v) is 1.69. The van der Waals surface area contributed by atoms with Crippen LogP contribution < -0.4 is 10.5 Å². The number of nitro groups is 1. The Kier molecular flexibility index (Phi) is 4.14. The number of benzene rings is 1. The van der Waals surface area contributed by atoms with Gasteiger partial charge in [0.1, 0.15) is 0 Å². The average molecular weight is 310 g/mol. The van der Waals surface area contributed by atoms with Gasteiger partial charge in [-0.2, -0.15) is 5.10 Å². The molecule has 9 nitrogen and oxygen atoms in total. The summed E-state index contributed by atoms with van der Waals surface area (Å²) >= 11 is 5.90. The highest BCUT2D eigenvalue weighted by Crippen LogP contribution is 2.37. The van der Waals surface area contributed by atoms with E-state index in [1.165, 1.54) is 30.5 Å². The van der Waals surface area contributed by atoms with Crippen molar-refractivity contribution in [2.24, 2.45) is 10.9 Å². The van der Waals surface area contributed by atoms with Crippen LogP contribution in [0.2, 0.25) is 5.02 Å². The maximum atomic E-state index is 11.0. The molecule has 1 aromatic carbocycles. The lowest BCUT2D eigenvalue weighted by molar-refractivity contribution is -0.385. The molecule has 108 valence electrons. The minimum atomic E-state index is -0.652. The Morgan fingerprint density at radius 1 is 1.48 bits per heavy atom. The summed E-state index contributed by atoms with van der Waals surface area (Å²) in [5.74, 6) is -0.671. The Balaban J connectivity index is 2.52. The molecule has 21 heavy (non-hydrogen) atoms. The number of nitrogens with zero attached hydrogens (tertiary/aromatic N) is 4. The molecule has 0 amide bonds. The number of hydrogen-bond acceptors (Lipinski definition) is 7. The molecule has 0 bridgehead atoms. The Labute approximate surface area is 122 Å². The summed E-state index contributed by atoms with van der Waals surface area (Å²) in [5.41, 5.74) is 5.23. The molecular weight excluding hydrogens is 302 g/mol. The van der Waals surface area contributed by atoms with Gasteiger partial charge >= 0.3 is 5.69 Å². The van der Waals surface area contributed by atoms with Crippen LogP contribution in [0.15, 0.2) is 35.6 Å². The van der Waals surface area contributed by atoms with Crippen molar-refractivity contribution in [2.75, 3.05) is 0 Å². The lowest BCUT2D eigenvalue weighted by Gasteiger charge is -2.09. The molecule has 0 unspecified atom stereocenters. The minimum absolute atomic E-state index is 0.0142. The van der Waals surface area contributed by atoms with Crippen molar-refractivity contribution in [1.29, 1.82) is 0 Å². The first-order valence-electron chi connectivity index (χ1n) is 5.45. The number of aromatic nitrogens is 2. The summed E-state index contributed by atoms with van der Waals surface area (Å²) in [6.45, 7) is 0. The summed E-state index contributed by atoms with van der Waals surface area (Å²) in [6.07, 6.45) is 1.29. The smallest absolute Gasteiger partial charge is 0.313 e. The van der Waals surface area contributed by atoms with E-state index in [1.807, 2.05) is 0 Å². The second-order valence-corrected chi connectivity index (χ2v) is 4.09. The second-order valence-electron chi connectivity index (χ2n) is 3.68. The number of rotatable bonds is 4. The molecule has 10 heteroatoms. The predicted molar refractivity (Wildman–Crippen MR) is 72.7 cm³/mol. The lowest BCUT2D eigenvalue weighted by Crippen LogP contribution is -2.15. The van der Waals surface area contributed by atoms with Gasteiger partial charge in [-0.3, -0.25) is 10.1 Å². The first kappa shape index (κ1) is 14.5. The Morgan fingerprint density at radius 2 is 2.24 bits per heavy atom. The zero-order valence-electron chi connectivity index (χ0n) is 10.3. The summed E-state index contributed by atoms with van der Waals surface area (Å²) in [5, 5.41) is 29.8. The number of nitrogens with two attached hydrogens (primary N) is 1. The van der Waals surface area contributed by atoms with Gasteiger partial charge in [-0.05, 0) is 12.1 Å². The van der Waals surface area contributed by atoms with Crippen molar-refractivity contribution >= 4 is 23.1 Å². The highest BCUT2D eigenvalue weighted by molar-refractivity contribution is 6.32. The van der Waals surface area contributed by atoms with Crippen LogP contribution >= 0.6 is 11.6 Å². The molecule has 2 rings (SSSR count). The predicted octanol–water partition coefficient (Wildman–Crippen LogP) is 1.92. The van der Waals surface area contributed by atoms with Gasteiger partial charge in [0, 0.05) is 6.07 Å². The van der Waals surface area contributed by atoms with Crippen LogP contribution in [0.4, 0.5) is 5.69 Å². The first-order chi connectivity index (χ1) is 10.0. The van der Waals surface area contributed by atoms with E-state index in [-0.39, 0.29) is 33.7 Å². The zero-order chi connectivity index (χ0) is 15.4.